The van der Waals surface area contributed by atoms with Crippen LogP contribution in [0.5, 0.6) is 0 Å². The first-order valence-corrected chi connectivity index (χ1v) is 5.00. The van der Waals surface area contributed by atoms with E-state index in [-0.39, 0.29) is 74.9 Å². The third-order valence-electron chi connectivity index (χ3n) is 0. The second-order valence-electron chi connectivity index (χ2n) is 0. The molecule has 0 saturated heterocycles. The van der Waals surface area contributed by atoms with Crippen LogP contribution in [0.1, 0.15) is 106 Å². The molecule has 0 aliphatic heterocycles. The Morgan fingerprint density at radius 2 is 0.250 bits per heavy atom. The summed E-state index contributed by atoms with van der Waals surface area (Å²) in [6.07, 6.45) is 0. The Morgan fingerprint density at radius 3 is 0.250 bits per heavy atom. The van der Waals surface area contributed by atoms with Crippen LogP contribution in [-0.2, 0) is 0 Å². The Bertz CT molecular complexity index is 5.40. The van der Waals surface area contributed by atoms with Gasteiger partial charge >= 0.3 is 0 Å². The summed E-state index contributed by atoms with van der Waals surface area (Å²) in [5.74, 6) is 0. The Labute approximate surface area is 143 Å². The van der Waals surface area contributed by atoms with Crippen LogP contribution in [0.3, 0.4) is 0 Å². The fraction of sp³-hybridized carbons (Fsp3) is 1.00. The fourth-order valence-corrected chi connectivity index (χ4v) is 0. The van der Waals surface area contributed by atoms with E-state index in [9.17, 15) is 0 Å². The molecule has 0 aliphatic rings. The zero-order valence-electron chi connectivity index (χ0n) is 10.4. The standard InChI is InChI=1S/5C2H6.5CH4.Ar/c5*1-2;;;;;;/h5*1-2H3;5*1H4;. The van der Waals surface area contributed by atoms with Gasteiger partial charge < -0.3 is 0 Å². The molecule has 16 heavy (non-hydrogen) atoms. The predicted octanol–water partition coefficient (Wildman–Crippen LogP) is 8.31. The van der Waals surface area contributed by atoms with E-state index in [1.54, 1.807) is 0 Å². The fourth-order valence-electron chi connectivity index (χ4n) is 0. The van der Waals surface area contributed by atoms with Crippen molar-refractivity contribution < 1.29 is 37.7 Å². The van der Waals surface area contributed by atoms with Gasteiger partial charge in [-0.1, -0.05) is 106 Å². The summed E-state index contributed by atoms with van der Waals surface area (Å²) >= 11 is 0. The van der Waals surface area contributed by atoms with E-state index in [0.29, 0.717) is 0 Å². The maximum Gasteiger partial charge on any atom is 0 e. The van der Waals surface area contributed by atoms with Gasteiger partial charge in [-0.25, -0.2) is 0 Å². The van der Waals surface area contributed by atoms with Crippen molar-refractivity contribution in [1.82, 2.24) is 0 Å². The van der Waals surface area contributed by atoms with Crippen molar-refractivity contribution >= 4 is 0 Å². The Balaban J connectivity index is -0.00000000198. The SMILES string of the molecule is C.C.C.C.C.CC.CC.CC.CC.CC.[Ar]. The molecule has 0 unspecified atom stereocenters. The molecule has 0 spiro atoms. The molecule has 0 rings (SSSR count). The first-order chi connectivity index (χ1) is 5.00. The zero-order chi connectivity index (χ0) is 10.0. The van der Waals surface area contributed by atoms with E-state index >= 15 is 0 Å². The molecule has 0 atom stereocenters. The van der Waals surface area contributed by atoms with Crippen LogP contribution in [0.2, 0.25) is 0 Å². The minimum absolute atomic E-state index is 0. The van der Waals surface area contributed by atoms with Gasteiger partial charge in [-0.05, 0) is 0 Å². The molecule has 0 aliphatic carbocycles. The molecule has 0 N–H and O–H groups in total. The van der Waals surface area contributed by atoms with E-state index in [1.807, 2.05) is 69.2 Å². The summed E-state index contributed by atoms with van der Waals surface area (Å²) in [5, 5.41) is 0. The molecule has 0 heterocycles. The van der Waals surface area contributed by atoms with Crippen molar-refractivity contribution in [3.63, 3.8) is 0 Å². The molecular formula is C15H50Ar. The molecule has 0 aromatic carbocycles. The van der Waals surface area contributed by atoms with Gasteiger partial charge in [0.25, 0.3) is 0 Å². The summed E-state index contributed by atoms with van der Waals surface area (Å²) in [7, 11) is 0. The van der Waals surface area contributed by atoms with Crippen LogP contribution in [0.4, 0.5) is 0 Å². The molecular weight excluding hydrogens is 220 g/mol. The third kappa shape index (κ3) is 1960. The van der Waals surface area contributed by atoms with E-state index in [4.69, 9.17) is 0 Å². The van der Waals surface area contributed by atoms with Crippen LogP contribution in [0, 0.1) is 37.7 Å². The van der Waals surface area contributed by atoms with Gasteiger partial charge in [-0.3, -0.25) is 0 Å². The largest absolute Gasteiger partial charge is 0.0776 e. The van der Waals surface area contributed by atoms with Crippen LogP contribution in [-0.4, -0.2) is 0 Å². The number of hydrogen-bond acceptors (Lipinski definition) is 0. The van der Waals surface area contributed by atoms with Crippen molar-refractivity contribution in [1.29, 1.82) is 0 Å². The second kappa shape index (κ2) is 2390. The van der Waals surface area contributed by atoms with Gasteiger partial charge in [0.1, 0.15) is 0 Å². The van der Waals surface area contributed by atoms with Crippen LogP contribution in [0.25, 0.3) is 0 Å². The molecule has 118 valence electrons. The van der Waals surface area contributed by atoms with Gasteiger partial charge in [0.2, 0.25) is 0 Å². The smallest absolute Gasteiger partial charge is 0 e. The molecule has 0 fully saturated rings. The third-order valence-corrected chi connectivity index (χ3v) is 0. The van der Waals surface area contributed by atoms with E-state index in [2.05, 4.69) is 0 Å². The van der Waals surface area contributed by atoms with E-state index < -0.39 is 0 Å². The zero-order valence-corrected chi connectivity index (χ0v) is 11.1. The normalized spacial score (nSPS) is 1.88. The molecule has 0 aromatic heterocycles. The summed E-state index contributed by atoms with van der Waals surface area (Å²) in [6, 6.07) is 0. The molecule has 1 heteroatoms. The van der Waals surface area contributed by atoms with Gasteiger partial charge in [0.15, 0.2) is 0 Å². The van der Waals surface area contributed by atoms with Crippen molar-refractivity contribution in [2.24, 2.45) is 0 Å². The summed E-state index contributed by atoms with van der Waals surface area (Å²) in [4.78, 5) is 0. The van der Waals surface area contributed by atoms with Gasteiger partial charge in [-0.2, -0.15) is 0 Å². The van der Waals surface area contributed by atoms with E-state index in [1.165, 1.54) is 0 Å². The van der Waals surface area contributed by atoms with E-state index in [0.717, 1.165) is 0 Å². The Morgan fingerprint density at radius 1 is 0.250 bits per heavy atom. The maximum absolute atomic E-state index is 2.00. The van der Waals surface area contributed by atoms with Crippen molar-refractivity contribution in [2.45, 2.75) is 106 Å². The molecule has 0 aromatic rings. The van der Waals surface area contributed by atoms with Crippen molar-refractivity contribution in [3.8, 4) is 0 Å². The average molecular weight is 271 g/mol. The Hall–Kier alpha value is 1.26. The monoisotopic (exact) mass is 270 g/mol. The van der Waals surface area contributed by atoms with Gasteiger partial charge in [0.05, 0.1) is 0 Å². The summed E-state index contributed by atoms with van der Waals surface area (Å²) in [6.45, 7) is 20.0. The minimum Gasteiger partial charge on any atom is -0.0776 e. The minimum atomic E-state index is 0. The number of hydrogen-bond donors (Lipinski definition) is 0. The van der Waals surface area contributed by atoms with Gasteiger partial charge in [0, 0.05) is 37.7 Å². The van der Waals surface area contributed by atoms with Gasteiger partial charge in [-0.15, -0.1) is 0 Å². The van der Waals surface area contributed by atoms with Crippen LogP contribution < -0.4 is 0 Å². The first-order valence-electron chi connectivity index (χ1n) is 5.00. The Kier molecular flexibility index (Phi) is 17400. The quantitative estimate of drug-likeness (QED) is 0.415. The number of rotatable bonds is 0. The summed E-state index contributed by atoms with van der Waals surface area (Å²) < 4.78 is 0. The molecule has 0 amide bonds. The van der Waals surface area contributed by atoms with Crippen molar-refractivity contribution in [2.75, 3.05) is 0 Å². The second-order valence-corrected chi connectivity index (χ2v) is 0. The predicted molar refractivity (Wildman–Crippen MR) is 90.4 cm³/mol. The van der Waals surface area contributed by atoms with Crippen LogP contribution >= 0.6 is 0 Å². The first kappa shape index (κ1) is 116. The molecule has 0 saturated carbocycles. The molecule has 0 bridgehead atoms. The van der Waals surface area contributed by atoms with Crippen LogP contribution in [0.15, 0.2) is 0 Å². The summed E-state index contributed by atoms with van der Waals surface area (Å²) in [5.41, 5.74) is 0. The molecule has 0 radical (unpaired) electrons. The average Bonchev–Trinajstić information content (AvgIpc) is 2.20. The maximum atomic E-state index is 2.00. The van der Waals surface area contributed by atoms with Crippen molar-refractivity contribution in [3.05, 3.63) is 0 Å². The topological polar surface area (TPSA) is 0 Å². The molecule has 0 nitrogen and oxygen atoms in total.